The molecule has 0 saturated heterocycles. The third-order valence-corrected chi connectivity index (χ3v) is 8.26. The minimum absolute atomic E-state index is 0.549. The summed E-state index contributed by atoms with van der Waals surface area (Å²) in [4.78, 5) is 18.2. The Balaban J connectivity index is -0.000000569. The minimum Gasteiger partial charge on any atom is -0.800 e. The standard InChI is InChI=1S/2C16H36N.CH2NO3P/c2*1-5-9-13-17(14-10-6-2,15-11-7-3)16-12-8-4;2-1-6(3,4)5/h2*5-16H2,1-4H3;(H2,3,4,5)/q2*+1;/p-2. The molecule has 0 N–H and O–H groups in total. The van der Waals surface area contributed by atoms with Crippen LogP contribution in [0.3, 0.4) is 0 Å². The van der Waals surface area contributed by atoms with Crippen LogP contribution < -0.4 is 9.79 Å². The molecule has 0 atom stereocenters. The first-order valence-electron chi connectivity index (χ1n) is 17.2. The zero-order valence-electron chi connectivity index (χ0n) is 28.5. The van der Waals surface area contributed by atoms with E-state index in [0.717, 1.165) is 0 Å². The summed E-state index contributed by atoms with van der Waals surface area (Å²) in [6.07, 6.45) is 22.1. The molecule has 0 rings (SSSR count). The van der Waals surface area contributed by atoms with Gasteiger partial charge in [0, 0.05) is 7.60 Å². The van der Waals surface area contributed by atoms with Crippen LogP contribution in [0.2, 0.25) is 0 Å². The second kappa shape index (κ2) is 30.0. The Hall–Kier alpha value is -0.440. The van der Waals surface area contributed by atoms with Crippen LogP contribution in [0.25, 0.3) is 0 Å². The molecule has 0 fully saturated rings. The molecule has 40 heavy (non-hydrogen) atoms. The molecule has 0 aliphatic rings. The van der Waals surface area contributed by atoms with Gasteiger partial charge in [0.05, 0.1) is 58.2 Å². The lowest BCUT2D eigenvalue weighted by Crippen LogP contribution is -2.50. The first kappa shape index (κ1) is 44.0. The molecular weight excluding hydrogens is 517 g/mol. The van der Waals surface area contributed by atoms with Crippen molar-refractivity contribution in [1.82, 2.24) is 0 Å². The van der Waals surface area contributed by atoms with Crippen LogP contribution >= 0.6 is 7.60 Å². The van der Waals surface area contributed by atoms with Crippen LogP contribution in [-0.4, -0.2) is 61.3 Å². The van der Waals surface area contributed by atoms with E-state index in [9.17, 15) is 0 Å². The minimum atomic E-state index is -4.84. The van der Waals surface area contributed by atoms with E-state index < -0.39 is 7.60 Å². The summed E-state index contributed by atoms with van der Waals surface area (Å²) in [5, 5.41) is 7.26. The first-order chi connectivity index (χ1) is 19.0. The lowest BCUT2D eigenvalue weighted by atomic mass is 10.1. The monoisotopic (exact) mass is 590 g/mol. The summed E-state index contributed by atoms with van der Waals surface area (Å²) in [5.74, 6) is 0.549. The maximum atomic E-state index is 9.11. The molecule has 0 radical (unpaired) electrons. The van der Waals surface area contributed by atoms with Crippen molar-refractivity contribution in [1.29, 1.82) is 5.26 Å². The Labute approximate surface area is 252 Å². The fourth-order valence-corrected chi connectivity index (χ4v) is 5.29. The van der Waals surface area contributed by atoms with E-state index in [2.05, 4.69) is 55.4 Å². The molecule has 0 bridgehead atoms. The van der Waals surface area contributed by atoms with E-state index in [4.69, 9.17) is 19.6 Å². The Bertz CT molecular complexity index is 493. The van der Waals surface area contributed by atoms with Gasteiger partial charge in [0.1, 0.15) is 0 Å². The number of quaternary nitrogens is 2. The summed E-state index contributed by atoms with van der Waals surface area (Å²) in [7, 11) is -4.84. The maximum absolute atomic E-state index is 9.11. The van der Waals surface area contributed by atoms with Crippen LogP contribution in [0.1, 0.15) is 158 Å². The maximum Gasteiger partial charge on any atom is 0.0962 e. The van der Waals surface area contributed by atoms with Gasteiger partial charge in [0.15, 0.2) is 0 Å². The summed E-state index contributed by atoms with van der Waals surface area (Å²) >= 11 is 0. The molecular formula is C33H72N3O3P. The molecule has 7 heteroatoms. The first-order valence-corrected chi connectivity index (χ1v) is 18.7. The summed E-state index contributed by atoms with van der Waals surface area (Å²) in [5.41, 5.74) is 0. The lowest BCUT2D eigenvalue weighted by molar-refractivity contribution is -0.929. The molecule has 0 heterocycles. The van der Waals surface area contributed by atoms with Crippen molar-refractivity contribution < 1.29 is 23.3 Å². The molecule has 6 nitrogen and oxygen atoms in total. The molecule has 0 unspecified atom stereocenters. The molecule has 0 aromatic rings. The topological polar surface area (TPSA) is 87.0 Å². The molecule has 0 aromatic heterocycles. The van der Waals surface area contributed by atoms with Gasteiger partial charge in [-0.25, -0.2) is 0 Å². The number of hydrogen-bond donors (Lipinski definition) is 0. The fraction of sp³-hybridized carbons (Fsp3) is 0.970. The average molecular weight is 590 g/mol. The summed E-state index contributed by atoms with van der Waals surface area (Å²) < 4.78 is 12.0. The van der Waals surface area contributed by atoms with Crippen molar-refractivity contribution in [3.05, 3.63) is 0 Å². The van der Waals surface area contributed by atoms with Gasteiger partial charge in [-0.2, -0.15) is 5.26 Å². The van der Waals surface area contributed by atoms with E-state index in [1.54, 1.807) is 0 Å². The normalized spacial score (nSPS) is 11.7. The Kier molecular flexibility index (Phi) is 33.0. The highest BCUT2D eigenvalue weighted by Crippen LogP contribution is 2.18. The van der Waals surface area contributed by atoms with Crippen molar-refractivity contribution in [2.75, 3.05) is 52.4 Å². The molecule has 0 aliphatic carbocycles. The fourth-order valence-electron chi connectivity index (χ4n) is 5.29. The Morgan fingerprint density at radius 1 is 0.450 bits per heavy atom. The van der Waals surface area contributed by atoms with E-state index in [0.29, 0.717) is 5.81 Å². The SMILES string of the molecule is CCCC[N+](CCCC)(CCCC)CCCC.CCCC[N+](CCCC)(CCCC)CCCC.N#CP(=O)([O-])[O-]. The zero-order chi connectivity index (χ0) is 31.2. The van der Waals surface area contributed by atoms with Gasteiger partial charge < -0.3 is 23.3 Å². The van der Waals surface area contributed by atoms with Gasteiger partial charge in [-0.05, 0) is 51.4 Å². The third kappa shape index (κ3) is 27.7. The molecule has 0 aromatic carbocycles. The average Bonchev–Trinajstić information content (AvgIpc) is 2.96. The van der Waals surface area contributed by atoms with Crippen molar-refractivity contribution >= 4 is 7.60 Å². The highest BCUT2D eigenvalue weighted by Gasteiger charge is 2.25. The van der Waals surface area contributed by atoms with Gasteiger partial charge in [-0.15, -0.1) is 0 Å². The van der Waals surface area contributed by atoms with Crippen molar-refractivity contribution in [2.24, 2.45) is 0 Å². The number of nitriles is 1. The van der Waals surface area contributed by atoms with Gasteiger partial charge in [-0.1, -0.05) is 107 Å². The van der Waals surface area contributed by atoms with Gasteiger partial charge in [-0.3, -0.25) is 0 Å². The van der Waals surface area contributed by atoms with Crippen molar-refractivity contribution in [3.63, 3.8) is 0 Å². The second-order valence-electron chi connectivity index (χ2n) is 11.9. The number of unbranched alkanes of at least 4 members (excludes halogenated alkanes) is 8. The van der Waals surface area contributed by atoms with Crippen molar-refractivity contribution in [2.45, 2.75) is 158 Å². The van der Waals surface area contributed by atoms with Crippen LogP contribution in [0.4, 0.5) is 0 Å². The Morgan fingerprint density at radius 2 is 0.575 bits per heavy atom. The number of rotatable bonds is 24. The third-order valence-electron chi connectivity index (χ3n) is 8.01. The molecule has 0 spiro atoms. The van der Waals surface area contributed by atoms with Gasteiger partial charge in [0.2, 0.25) is 0 Å². The zero-order valence-corrected chi connectivity index (χ0v) is 29.4. The largest absolute Gasteiger partial charge is 0.800 e. The molecule has 0 aliphatic heterocycles. The Morgan fingerprint density at radius 3 is 0.650 bits per heavy atom. The van der Waals surface area contributed by atoms with Gasteiger partial charge in [0.25, 0.3) is 0 Å². The van der Waals surface area contributed by atoms with Crippen LogP contribution in [0.15, 0.2) is 0 Å². The van der Waals surface area contributed by atoms with Crippen LogP contribution in [-0.2, 0) is 4.57 Å². The quantitative estimate of drug-likeness (QED) is 0.0835. The molecule has 0 amide bonds. The van der Waals surface area contributed by atoms with E-state index in [1.807, 2.05) is 0 Å². The van der Waals surface area contributed by atoms with E-state index in [1.165, 1.54) is 164 Å². The summed E-state index contributed by atoms with van der Waals surface area (Å²) in [6.45, 7) is 30.0. The van der Waals surface area contributed by atoms with Crippen LogP contribution in [0.5, 0.6) is 0 Å². The highest BCUT2D eigenvalue weighted by molar-refractivity contribution is 7.54. The second-order valence-corrected chi connectivity index (χ2v) is 13.1. The summed E-state index contributed by atoms with van der Waals surface area (Å²) in [6, 6.07) is 0. The predicted octanol–water partition coefficient (Wildman–Crippen LogP) is 8.39. The highest BCUT2D eigenvalue weighted by atomic mass is 31.2. The number of hydrogen-bond acceptors (Lipinski definition) is 4. The van der Waals surface area contributed by atoms with E-state index >= 15 is 0 Å². The van der Waals surface area contributed by atoms with Gasteiger partial charge >= 0.3 is 0 Å². The molecule has 0 saturated carbocycles. The lowest BCUT2D eigenvalue weighted by Gasteiger charge is -2.39. The molecule has 242 valence electrons. The van der Waals surface area contributed by atoms with Crippen LogP contribution in [0, 0.1) is 11.1 Å². The van der Waals surface area contributed by atoms with Crippen molar-refractivity contribution in [3.8, 4) is 5.81 Å². The smallest absolute Gasteiger partial charge is 0.0962 e. The van der Waals surface area contributed by atoms with E-state index in [-0.39, 0.29) is 0 Å². The number of nitrogens with zero attached hydrogens (tertiary/aromatic N) is 3. The predicted molar refractivity (Wildman–Crippen MR) is 172 cm³/mol.